The second kappa shape index (κ2) is 5.20. The maximum atomic E-state index is 12.4. The van der Waals surface area contributed by atoms with E-state index < -0.39 is 10.0 Å². The molecule has 0 aliphatic heterocycles. The highest BCUT2D eigenvalue weighted by atomic mass is 35.5. The molecule has 0 heterocycles. The monoisotopic (exact) mass is 316 g/mol. The summed E-state index contributed by atoms with van der Waals surface area (Å²) < 4.78 is 27.5. The van der Waals surface area contributed by atoms with Gasteiger partial charge in [0.25, 0.3) is 0 Å². The summed E-state index contributed by atoms with van der Waals surface area (Å²) in [5.74, 6) is 0. The van der Waals surface area contributed by atoms with Gasteiger partial charge >= 0.3 is 0 Å². The molecule has 1 aromatic rings. The van der Waals surface area contributed by atoms with E-state index in [-0.39, 0.29) is 16.4 Å². The first-order valence-electron chi connectivity index (χ1n) is 6.69. The third-order valence-corrected chi connectivity index (χ3v) is 5.85. The highest BCUT2D eigenvalue weighted by Gasteiger charge is 2.33. The van der Waals surface area contributed by atoms with Crippen molar-refractivity contribution in [2.75, 3.05) is 5.73 Å². The van der Waals surface area contributed by atoms with Gasteiger partial charge in [-0.3, -0.25) is 0 Å². The number of nitrogen functional groups attached to an aromatic ring is 1. The largest absolute Gasteiger partial charge is 0.398 e. The van der Waals surface area contributed by atoms with Crippen molar-refractivity contribution >= 4 is 27.3 Å². The molecule has 4 nitrogen and oxygen atoms in total. The Morgan fingerprint density at radius 3 is 2.55 bits per heavy atom. The van der Waals surface area contributed by atoms with Crippen molar-refractivity contribution in [1.29, 1.82) is 0 Å². The molecule has 0 aromatic heterocycles. The molecule has 1 fully saturated rings. The van der Waals surface area contributed by atoms with E-state index in [0.717, 1.165) is 19.3 Å². The number of nitrogens with two attached hydrogens (primary N) is 1. The van der Waals surface area contributed by atoms with Crippen LogP contribution < -0.4 is 10.5 Å². The quantitative estimate of drug-likeness (QED) is 0.842. The number of rotatable bonds is 3. The van der Waals surface area contributed by atoms with Gasteiger partial charge in [0.05, 0.1) is 4.90 Å². The Kier molecular flexibility index (Phi) is 4.06. The predicted molar refractivity (Wildman–Crippen MR) is 82.3 cm³/mol. The molecule has 1 aromatic carbocycles. The number of sulfonamides is 1. The fourth-order valence-corrected chi connectivity index (χ4v) is 4.28. The standard InChI is InChI=1S/C14H21ClN2O2S/c1-9-12(15)6-11(7-13(9)16)20(18,19)17-10-4-5-14(2,3)8-10/h6-7,10,17H,4-5,8,16H2,1-3H3. The molecule has 3 N–H and O–H groups in total. The van der Waals surface area contributed by atoms with Gasteiger partial charge < -0.3 is 5.73 Å². The first-order valence-corrected chi connectivity index (χ1v) is 8.55. The summed E-state index contributed by atoms with van der Waals surface area (Å²) in [6, 6.07) is 2.90. The van der Waals surface area contributed by atoms with Crippen molar-refractivity contribution < 1.29 is 8.42 Å². The molecule has 20 heavy (non-hydrogen) atoms. The molecule has 1 unspecified atom stereocenters. The Morgan fingerprint density at radius 1 is 1.40 bits per heavy atom. The minimum atomic E-state index is -3.57. The van der Waals surface area contributed by atoms with E-state index in [2.05, 4.69) is 18.6 Å². The molecule has 0 radical (unpaired) electrons. The van der Waals surface area contributed by atoms with Gasteiger partial charge in [0.2, 0.25) is 10.0 Å². The average Bonchev–Trinajstić information content (AvgIpc) is 2.64. The number of hydrogen-bond acceptors (Lipinski definition) is 3. The second-order valence-corrected chi connectivity index (χ2v) is 8.47. The van der Waals surface area contributed by atoms with Gasteiger partial charge in [-0.25, -0.2) is 13.1 Å². The minimum absolute atomic E-state index is 0.0173. The van der Waals surface area contributed by atoms with E-state index in [1.54, 1.807) is 6.92 Å². The van der Waals surface area contributed by atoms with E-state index in [0.29, 0.717) is 16.3 Å². The van der Waals surface area contributed by atoms with E-state index >= 15 is 0 Å². The van der Waals surface area contributed by atoms with E-state index in [4.69, 9.17) is 17.3 Å². The van der Waals surface area contributed by atoms with Crippen LogP contribution in [-0.4, -0.2) is 14.5 Å². The molecular weight excluding hydrogens is 296 g/mol. The van der Waals surface area contributed by atoms with Crippen molar-refractivity contribution in [3.63, 3.8) is 0 Å². The van der Waals surface area contributed by atoms with Crippen LogP contribution in [0.5, 0.6) is 0 Å². The number of halogens is 1. The van der Waals surface area contributed by atoms with Crippen LogP contribution in [-0.2, 0) is 10.0 Å². The summed E-state index contributed by atoms with van der Waals surface area (Å²) in [6.45, 7) is 6.07. The van der Waals surface area contributed by atoms with E-state index in [9.17, 15) is 8.42 Å². The molecule has 1 aliphatic carbocycles. The first-order chi connectivity index (χ1) is 9.11. The number of benzene rings is 1. The van der Waals surface area contributed by atoms with Gasteiger partial charge in [-0.05, 0) is 49.3 Å². The van der Waals surface area contributed by atoms with Crippen LogP contribution in [0.4, 0.5) is 5.69 Å². The fourth-order valence-electron chi connectivity index (χ4n) is 2.65. The minimum Gasteiger partial charge on any atom is -0.398 e. The molecule has 112 valence electrons. The summed E-state index contributed by atoms with van der Waals surface area (Å²) in [5, 5.41) is 0.372. The van der Waals surface area contributed by atoms with Crippen LogP contribution in [0.3, 0.4) is 0 Å². The number of nitrogens with one attached hydrogen (secondary N) is 1. The van der Waals surface area contributed by atoms with Crippen molar-refractivity contribution in [3.05, 3.63) is 22.7 Å². The summed E-state index contributed by atoms with van der Waals surface area (Å²) in [4.78, 5) is 0.135. The average molecular weight is 317 g/mol. The summed E-state index contributed by atoms with van der Waals surface area (Å²) in [5.41, 5.74) is 7.08. The molecule has 6 heteroatoms. The van der Waals surface area contributed by atoms with Gasteiger partial charge in [-0.15, -0.1) is 0 Å². The lowest BCUT2D eigenvalue weighted by Crippen LogP contribution is -2.33. The molecule has 1 atom stereocenters. The van der Waals surface area contributed by atoms with E-state index in [1.165, 1.54) is 12.1 Å². The third kappa shape index (κ3) is 3.27. The van der Waals surface area contributed by atoms with Crippen LogP contribution in [0.15, 0.2) is 17.0 Å². The summed E-state index contributed by atoms with van der Waals surface area (Å²) >= 11 is 6.01. The van der Waals surface area contributed by atoms with Gasteiger partial charge in [0, 0.05) is 16.8 Å². The normalized spacial score (nSPS) is 22.1. The summed E-state index contributed by atoms with van der Waals surface area (Å²) in [6.07, 6.45) is 2.74. The molecule has 2 rings (SSSR count). The third-order valence-electron chi connectivity index (χ3n) is 3.96. The Bertz CT molecular complexity index is 603. The van der Waals surface area contributed by atoms with Crippen molar-refractivity contribution in [2.45, 2.75) is 51.0 Å². The Morgan fingerprint density at radius 2 is 2.05 bits per heavy atom. The highest BCUT2D eigenvalue weighted by molar-refractivity contribution is 7.89. The van der Waals surface area contributed by atoms with Crippen molar-refractivity contribution in [3.8, 4) is 0 Å². The smallest absolute Gasteiger partial charge is 0.240 e. The number of hydrogen-bond donors (Lipinski definition) is 2. The van der Waals surface area contributed by atoms with Crippen molar-refractivity contribution in [1.82, 2.24) is 4.72 Å². The van der Waals surface area contributed by atoms with Crippen LogP contribution in [0.2, 0.25) is 5.02 Å². The zero-order valence-corrected chi connectivity index (χ0v) is 13.6. The van der Waals surface area contributed by atoms with Gasteiger partial charge in [0.1, 0.15) is 0 Å². The van der Waals surface area contributed by atoms with E-state index in [1.807, 2.05) is 0 Å². The topological polar surface area (TPSA) is 72.2 Å². The van der Waals surface area contributed by atoms with Crippen LogP contribution >= 0.6 is 11.6 Å². The lowest BCUT2D eigenvalue weighted by Gasteiger charge is -2.18. The Hall–Kier alpha value is -0.780. The number of anilines is 1. The molecule has 0 bridgehead atoms. The lowest BCUT2D eigenvalue weighted by molar-refractivity contribution is 0.372. The van der Waals surface area contributed by atoms with Crippen LogP contribution in [0.1, 0.15) is 38.7 Å². The molecule has 0 spiro atoms. The fraction of sp³-hybridized carbons (Fsp3) is 0.571. The molecule has 0 amide bonds. The van der Waals surface area contributed by atoms with Gasteiger partial charge in [0.15, 0.2) is 0 Å². The van der Waals surface area contributed by atoms with Crippen molar-refractivity contribution in [2.24, 2.45) is 5.41 Å². The first kappa shape index (κ1) is 15.6. The maximum Gasteiger partial charge on any atom is 0.240 e. The van der Waals surface area contributed by atoms with Gasteiger partial charge in [-0.2, -0.15) is 0 Å². The van der Waals surface area contributed by atoms with Crippen LogP contribution in [0, 0.1) is 12.3 Å². The highest BCUT2D eigenvalue weighted by Crippen LogP contribution is 2.37. The van der Waals surface area contributed by atoms with Gasteiger partial charge in [-0.1, -0.05) is 25.4 Å². The van der Waals surface area contributed by atoms with Crippen LogP contribution in [0.25, 0.3) is 0 Å². The molecule has 1 aliphatic rings. The zero-order chi connectivity index (χ0) is 15.1. The Labute approximate surface area is 125 Å². The zero-order valence-electron chi connectivity index (χ0n) is 12.0. The molecular formula is C14H21ClN2O2S. The summed E-state index contributed by atoms with van der Waals surface area (Å²) in [7, 11) is -3.57. The maximum absolute atomic E-state index is 12.4. The molecule has 0 saturated heterocycles. The molecule has 1 saturated carbocycles. The lowest BCUT2D eigenvalue weighted by atomic mass is 9.92. The second-order valence-electron chi connectivity index (χ2n) is 6.34. The Balaban J connectivity index is 2.23. The predicted octanol–water partition coefficient (Wildman–Crippen LogP) is 3.09. The SMILES string of the molecule is Cc1c(N)cc(S(=O)(=O)NC2CCC(C)(C)C2)cc1Cl.